The smallest absolute Gasteiger partial charge is 0.290 e. The Balaban J connectivity index is 0.000000758. The number of carbonyl (C=O) groups is 1. The van der Waals surface area contributed by atoms with Crippen LogP contribution in [-0.4, -0.2) is 53.6 Å². The molecule has 1 aliphatic heterocycles. The molecule has 1 aromatic heterocycles. The monoisotopic (exact) mass is 384 g/mol. The summed E-state index contributed by atoms with van der Waals surface area (Å²) < 4.78 is 30.8. The number of rotatable bonds is 5. The van der Waals surface area contributed by atoms with Crippen LogP contribution < -0.4 is 4.74 Å². The van der Waals surface area contributed by atoms with E-state index in [0.717, 1.165) is 29.2 Å². The molecule has 0 radical (unpaired) electrons. The summed E-state index contributed by atoms with van der Waals surface area (Å²) in [5.41, 5.74) is 1.05. The number of thiazole rings is 1. The van der Waals surface area contributed by atoms with Gasteiger partial charge in [0, 0.05) is 29.7 Å². The van der Waals surface area contributed by atoms with Crippen molar-refractivity contribution in [3.63, 3.8) is 0 Å². The van der Waals surface area contributed by atoms with Gasteiger partial charge < -0.3 is 9.84 Å². The normalized spacial score (nSPS) is 15.4. The van der Waals surface area contributed by atoms with Crippen molar-refractivity contribution >= 4 is 17.8 Å². The predicted molar refractivity (Wildman–Crippen MR) is 97.1 cm³/mol. The minimum absolute atomic E-state index is 0.0946. The molecule has 2 aromatic rings. The first kappa shape index (κ1) is 20.3. The van der Waals surface area contributed by atoms with Crippen LogP contribution in [0.3, 0.4) is 0 Å². The number of halogens is 2. The Hall–Kier alpha value is -2.06. The van der Waals surface area contributed by atoms with E-state index in [0.29, 0.717) is 13.1 Å². The van der Waals surface area contributed by atoms with Gasteiger partial charge in [0.1, 0.15) is 16.9 Å². The van der Waals surface area contributed by atoms with E-state index in [2.05, 4.69) is 4.98 Å². The lowest BCUT2D eigenvalue weighted by atomic mass is 10.1. The van der Waals surface area contributed by atoms with Crippen LogP contribution in [0.25, 0.3) is 10.6 Å². The second kappa shape index (κ2) is 10.2. The Morgan fingerprint density at radius 1 is 1.42 bits per heavy atom. The molecule has 1 aromatic carbocycles. The molecular formula is C18H22F2N2O3S. The molecule has 1 aliphatic rings. The third kappa shape index (κ3) is 6.34. The van der Waals surface area contributed by atoms with Gasteiger partial charge in [0.2, 0.25) is 0 Å². The molecule has 0 amide bonds. The number of piperidine rings is 1. The number of hydrogen-bond donors (Lipinski definition) is 1. The van der Waals surface area contributed by atoms with Gasteiger partial charge in [0.15, 0.2) is 0 Å². The van der Waals surface area contributed by atoms with Crippen LogP contribution in [0.2, 0.25) is 0 Å². The van der Waals surface area contributed by atoms with Crippen molar-refractivity contribution in [2.24, 2.45) is 0 Å². The Labute approximate surface area is 155 Å². The van der Waals surface area contributed by atoms with Crippen LogP contribution in [0.15, 0.2) is 30.5 Å². The number of ether oxygens (including phenoxy) is 1. The van der Waals surface area contributed by atoms with Crippen molar-refractivity contribution in [1.29, 1.82) is 0 Å². The molecule has 0 aliphatic carbocycles. The highest BCUT2D eigenvalue weighted by atomic mass is 32.1. The second-order valence-corrected chi connectivity index (χ2v) is 7.15. The molecule has 2 heterocycles. The maximum atomic E-state index is 12.4. The number of alkyl halides is 2. The molecule has 0 bridgehead atoms. The highest BCUT2D eigenvalue weighted by Crippen LogP contribution is 2.28. The van der Waals surface area contributed by atoms with E-state index in [1.54, 1.807) is 16.2 Å². The van der Waals surface area contributed by atoms with Gasteiger partial charge in [-0.2, -0.15) is 0 Å². The number of aromatic nitrogens is 1. The molecular weight excluding hydrogens is 362 g/mol. The first-order valence-corrected chi connectivity index (χ1v) is 9.11. The number of aryl methyl sites for hydroxylation is 1. The van der Waals surface area contributed by atoms with Gasteiger partial charge in [-0.3, -0.25) is 9.69 Å². The molecule has 3 rings (SSSR count). The highest BCUT2D eigenvalue weighted by molar-refractivity contribution is 7.14. The fourth-order valence-corrected chi connectivity index (χ4v) is 3.55. The molecule has 8 heteroatoms. The summed E-state index contributed by atoms with van der Waals surface area (Å²) >= 11 is 1.66. The molecule has 0 saturated carbocycles. The van der Waals surface area contributed by atoms with Gasteiger partial charge in [-0.1, -0.05) is 12.1 Å². The van der Waals surface area contributed by atoms with E-state index < -0.39 is 6.43 Å². The van der Waals surface area contributed by atoms with Gasteiger partial charge in [0.05, 0.1) is 6.54 Å². The molecule has 142 valence electrons. The summed E-state index contributed by atoms with van der Waals surface area (Å²) in [4.78, 5) is 15.7. The van der Waals surface area contributed by atoms with E-state index >= 15 is 0 Å². The van der Waals surface area contributed by atoms with Gasteiger partial charge in [0.25, 0.3) is 12.9 Å². The third-order valence-electron chi connectivity index (χ3n) is 3.94. The van der Waals surface area contributed by atoms with Crippen LogP contribution in [-0.2, 0) is 4.79 Å². The van der Waals surface area contributed by atoms with Gasteiger partial charge >= 0.3 is 0 Å². The maximum Gasteiger partial charge on any atom is 0.290 e. The zero-order valence-electron chi connectivity index (χ0n) is 14.5. The summed E-state index contributed by atoms with van der Waals surface area (Å²) in [7, 11) is 0. The van der Waals surface area contributed by atoms with E-state index in [1.807, 2.05) is 37.4 Å². The molecule has 1 saturated heterocycles. The van der Waals surface area contributed by atoms with Crippen molar-refractivity contribution in [3.8, 4) is 16.3 Å². The molecule has 0 spiro atoms. The first-order valence-electron chi connectivity index (χ1n) is 8.29. The van der Waals surface area contributed by atoms with Crippen LogP contribution in [0.4, 0.5) is 8.78 Å². The Morgan fingerprint density at radius 2 is 2.12 bits per heavy atom. The lowest BCUT2D eigenvalue weighted by Gasteiger charge is -2.31. The molecule has 26 heavy (non-hydrogen) atoms. The van der Waals surface area contributed by atoms with Crippen molar-refractivity contribution in [2.75, 3.05) is 19.6 Å². The SMILES string of the molecule is Cc1cnc(-c2cccc(OC3CCN(CC(F)F)CC3)c2)s1.O=CO. The number of benzene rings is 1. The van der Waals surface area contributed by atoms with Crippen molar-refractivity contribution in [2.45, 2.75) is 32.3 Å². The quantitative estimate of drug-likeness (QED) is 0.792. The number of hydrogen-bond acceptors (Lipinski definition) is 5. The fourth-order valence-electron chi connectivity index (χ4n) is 2.79. The first-order chi connectivity index (χ1) is 12.5. The zero-order valence-corrected chi connectivity index (χ0v) is 15.3. The van der Waals surface area contributed by atoms with Crippen LogP contribution in [0.1, 0.15) is 17.7 Å². The summed E-state index contributed by atoms with van der Waals surface area (Å²) in [5, 5.41) is 7.87. The van der Waals surface area contributed by atoms with Gasteiger partial charge in [-0.05, 0) is 31.9 Å². The fraction of sp³-hybridized carbons (Fsp3) is 0.444. The second-order valence-electron chi connectivity index (χ2n) is 5.92. The lowest BCUT2D eigenvalue weighted by Crippen LogP contribution is -2.40. The minimum Gasteiger partial charge on any atom is -0.490 e. The Kier molecular flexibility index (Phi) is 7.93. The largest absolute Gasteiger partial charge is 0.490 e. The average Bonchev–Trinajstić information content (AvgIpc) is 3.04. The lowest BCUT2D eigenvalue weighted by molar-refractivity contribution is -0.122. The van der Waals surface area contributed by atoms with Crippen LogP contribution in [0.5, 0.6) is 5.75 Å². The zero-order chi connectivity index (χ0) is 18.9. The number of carboxylic acid groups (broad SMARTS) is 1. The highest BCUT2D eigenvalue weighted by Gasteiger charge is 2.22. The van der Waals surface area contributed by atoms with E-state index in [4.69, 9.17) is 14.6 Å². The summed E-state index contributed by atoms with van der Waals surface area (Å²) in [6.07, 6.45) is 1.27. The third-order valence-corrected chi connectivity index (χ3v) is 4.90. The Bertz CT molecular complexity index is 689. The summed E-state index contributed by atoms with van der Waals surface area (Å²) in [6, 6.07) is 7.93. The number of likely N-dealkylation sites (tertiary alicyclic amines) is 1. The molecule has 0 atom stereocenters. The van der Waals surface area contributed by atoms with Crippen molar-refractivity contribution < 1.29 is 23.4 Å². The minimum atomic E-state index is -2.26. The number of nitrogens with zero attached hydrogens (tertiary/aromatic N) is 2. The topological polar surface area (TPSA) is 62.7 Å². The Morgan fingerprint density at radius 3 is 2.69 bits per heavy atom. The van der Waals surface area contributed by atoms with Crippen molar-refractivity contribution in [3.05, 3.63) is 35.3 Å². The van der Waals surface area contributed by atoms with E-state index in [-0.39, 0.29) is 19.1 Å². The molecule has 1 N–H and O–H groups in total. The van der Waals surface area contributed by atoms with Crippen molar-refractivity contribution in [1.82, 2.24) is 9.88 Å². The van der Waals surface area contributed by atoms with Gasteiger partial charge in [-0.25, -0.2) is 13.8 Å². The van der Waals surface area contributed by atoms with E-state index in [1.165, 1.54) is 4.88 Å². The van der Waals surface area contributed by atoms with Crippen LogP contribution in [0, 0.1) is 6.92 Å². The van der Waals surface area contributed by atoms with E-state index in [9.17, 15) is 8.78 Å². The molecule has 0 unspecified atom stereocenters. The molecule has 5 nitrogen and oxygen atoms in total. The summed E-state index contributed by atoms with van der Waals surface area (Å²) in [6.45, 7) is 2.99. The molecule has 1 fully saturated rings. The van der Waals surface area contributed by atoms with Crippen LogP contribution >= 0.6 is 11.3 Å². The maximum absolute atomic E-state index is 12.4. The van der Waals surface area contributed by atoms with Gasteiger partial charge in [-0.15, -0.1) is 11.3 Å². The average molecular weight is 384 g/mol. The summed E-state index contributed by atoms with van der Waals surface area (Å²) in [5.74, 6) is 0.822. The predicted octanol–water partition coefficient (Wildman–Crippen LogP) is 3.93. The standard InChI is InChI=1S/C17H20F2N2OS.CH2O2/c1-12-10-20-17(23-12)13-3-2-4-15(9-13)22-14-5-7-21(8-6-14)11-16(18)19;2-1-3/h2-4,9-10,14,16H,5-8,11H2,1H3;1H,(H,2,3).